The van der Waals surface area contributed by atoms with E-state index in [2.05, 4.69) is 23.3 Å². The van der Waals surface area contributed by atoms with Gasteiger partial charge >= 0.3 is 6.03 Å². The molecule has 2 amide bonds. The molecule has 0 fully saturated rings. The largest absolute Gasteiger partial charge is 0.494 e. The maximum absolute atomic E-state index is 13.1. The summed E-state index contributed by atoms with van der Waals surface area (Å²) in [5, 5.41) is 3.06. The minimum absolute atomic E-state index is 0.111. The highest BCUT2D eigenvalue weighted by Gasteiger charge is 2.16. The van der Waals surface area contributed by atoms with E-state index in [1.54, 1.807) is 12.5 Å². The Hall–Kier alpha value is -3.28. The molecule has 0 aliphatic heterocycles. The van der Waals surface area contributed by atoms with Crippen molar-refractivity contribution in [2.45, 2.75) is 39.8 Å². The number of amides is 2. The number of hydrogen-bond donors (Lipinski definition) is 1. The van der Waals surface area contributed by atoms with Gasteiger partial charge in [-0.25, -0.2) is 9.78 Å². The number of urea groups is 1. The van der Waals surface area contributed by atoms with Crippen LogP contribution in [0, 0.1) is 0 Å². The van der Waals surface area contributed by atoms with Crippen molar-refractivity contribution >= 4 is 11.7 Å². The maximum Gasteiger partial charge on any atom is 0.322 e. The van der Waals surface area contributed by atoms with Gasteiger partial charge in [-0.05, 0) is 43.5 Å². The van der Waals surface area contributed by atoms with Crippen LogP contribution in [0.2, 0.25) is 0 Å². The maximum atomic E-state index is 13.1. The lowest BCUT2D eigenvalue weighted by Gasteiger charge is -2.24. The Kier molecular flexibility index (Phi) is 7.89. The summed E-state index contributed by atoms with van der Waals surface area (Å²) in [6.07, 6.45) is 7.26. The molecule has 6 nitrogen and oxygen atoms in total. The van der Waals surface area contributed by atoms with Gasteiger partial charge in [0.25, 0.3) is 0 Å². The molecule has 158 valence electrons. The van der Waals surface area contributed by atoms with Gasteiger partial charge in [0.2, 0.25) is 0 Å². The van der Waals surface area contributed by atoms with Gasteiger partial charge in [0.1, 0.15) is 5.75 Å². The third kappa shape index (κ3) is 6.11. The lowest BCUT2D eigenvalue weighted by Crippen LogP contribution is -2.35. The zero-order valence-corrected chi connectivity index (χ0v) is 17.8. The molecule has 3 rings (SSSR count). The number of nitrogens with zero attached hydrogens (tertiary/aromatic N) is 3. The number of ether oxygens (including phenoxy) is 1. The minimum Gasteiger partial charge on any atom is -0.494 e. The number of nitrogens with one attached hydrogen (secondary N) is 1. The molecule has 1 heterocycles. The van der Waals surface area contributed by atoms with Gasteiger partial charge in [-0.15, -0.1) is 0 Å². The van der Waals surface area contributed by atoms with Crippen molar-refractivity contribution in [3.05, 3.63) is 78.4 Å². The molecule has 0 aliphatic carbocycles. The molecule has 0 atom stereocenters. The summed E-state index contributed by atoms with van der Waals surface area (Å²) < 4.78 is 7.78. The monoisotopic (exact) mass is 406 g/mol. The van der Waals surface area contributed by atoms with Crippen molar-refractivity contribution in [1.29, 1.82) is 0 Å². The topological polar surface area (TPSA) is 59.4 Å². The molecule has 3 aromatic rings. The van der Waals surface area contributed by atoms with Gasteiger partial charge in [-0.1, -0.05) is 37.3 Å². The number of carbonyl (C=O) groups is 1. The fraction of sp³-hybridized carbons (Fsp3) is 0.333. The summed E-state index contributed by atoms with van der Waals surface area (Å²) in [6, 6.07) is 15.8. The van der Waals surface area contributed by atoms with Crippen molar-refractivity contribution in [3.63, 3.8) is 0 Å². The standard InChI is InChI=1S/C24H30N4O2/c1-3-20-9-7-11-22(17-20)26-24(29)28(15-8-14-27-16-13-25-19-27)18-21-10-5-6-12-23(21)30-4-2/h5-7,9-13,16-17,19H,3-4,8,14-15,18H2,1-2H3,(H,26,29). The van der Waals surface area contributed by atoms with E-state index in [1.807, 2.05) is 65.1 Å². The van der Waals surface area contributed by atoms with Crippen LogP contribution in [0.25, 0.3) is 0 Å². The van der Waals surface area contributed by atoms with Crippen LogP contribution in [-0.2, 0) is 19.5 Å². The van der Waals surface area contributed by atoms with E-state index in [0.29, 0.717) is 19.7 Å². The third-order valence-corrected chi connectivity index (χ3v) is 4.91. The Morgan fingerprint density at radius 2 is 2.03 bits per heavy atom. The van der Waals surface area contributed by atoms with E-state index in [1.165, 1.54) is 5.56 Å². The van der Waals surface area contributed by atoms with Crippen LogP contribution in [0.3, 0.4) is 0 Å². The van der Waals surface area contributed by atoms with Crippen LogP contribution in [0.15, 0.2) is 67.3 Å². The van der Waals surface area contributed by atoms with Gasteiger partial charge in [0.05, 0.1) is 19.5 Å². The van der Waals surface area contributed by atoms with Crippen molar-refractivity contribution in [3.8, 4) is 5.75 Å². The molecule has 1 N–H and O–H groups in total. The van der Waals surface area contributed by atoms with E-state index in [9.17, 15) is 4.79 Å². The van der Waals surface area contributed by atoms with Crippen LogP contribution >= 0.6 is 0 Å². The molecular weight excluding hydrogens is 376 g/mol. The quantitative estimate of drug-likeness (QED) is 0.517. The van der Waals surface area contributed by atoms with Crippen LogP contribution in [-0.4, -0.2) is 33.6 Å². The molecule has 0 unspecified atom stereocenters. The number of aromatic nitrogens is 2. The predicted octanol–water partition coefficient (Wildman–Crippen LogP) is 4.97. The fourth-order valence-corrected chi connectivity index (χ4v) is 3.32. The zero-order valence-electron chi connectivity index (χ0n) is 17.8. The van der Waals surface area contributed by atoms with Crippen LogP contribution in [0.1, 0.15) is 31.4 Å². The molecular formula is C24H30N4O2. The minimum atomic E-state index is -0.111. The highest BCUT2D eigenvalue weighted by atomic mass is 16.5. The normalized spacial score (nSPS) is 10.6. The highest BCUT2D eigenvalue weighted by molar-refractivity contribution is 5.89. The average Bonchev–Trinajstić information content (AvgIpc) is 3.28. The Morgan fingerprint density at radius 1 is 1.17 bits per heavy atom. The second-order valence-electron chi connectivity index (χ2n) is 7.10. The molecule has 0 saturated heterocycles. The van der Waals surface area contributed by atoms with Crippen molar-refractivity contribution in [1.82, 2.24) is 14.5 Å². The lowest BCUT2D eigenvalue weighted by atomic mass is 10.1. The first kappa shape index (κ1) is 21.4. The summed E-state index contributed by atoms with van der Waals surface area (Å²) in [7, 11) is 0. The first-order valence-corrected chi connectivity index (χ1v) is 10.5. The summed E-state index contributed by atoms with van der Waals surface area (Å²) in [4.78, 5) is 19.1. The first-order valence-electron chi connectivity index (χ1n) is 10.5. The zero-order chi connectivity index (χ0) is 21.2. The molecule has 0 spiro atoms. The van der Waals surface area contributed by atoms with E-state index in [0.717, 1.165) is 36.4 Å². The summed E-state index contributed by atoms with van der Waals surface area (Å²) in [5.41, 5.74) is 3.01. The first-order chi connectivity index (χ1) is 14.7. The summed E-state index contributed by atoms with van der Waals surface area (Å²) >= 11 is 0. The van der Waals surface area contributed by atoms with Gasteiger partial charge < -0.3 is 19.5 Å². The lowest BCUT2D eigenvalue weighted by molar-refractivity contribution is 0.206. The predicted molar refractivity (Wildman–Crippen MR) is 120 cm³/mol. The van der Waals surface area contributed by atoms with Gasteiger partial charge in [0.15, 0.2) is 0 Å². The molecule has 6 heteroatoms. The summed E-state index contributed by atoms with van der Waals surface area (Å²) in [6.45, 7) is 6.58. The molecule has 0 saturated carbocycles. The van der Waals surface area contributed by atoms with Crippen molar-refractivity contribution < 1.29 is 9.53 Å². The molecule has 0 radical (unpaired) electrons. The Morgan fingerprint density at radius 3 is 2.80 bits per heavy atom. The number of anilines is 1. The Bertz CT molecular complexity index is 924. The number of aryl methyl sites for hydroxylation is 2. The number of rotatable bonds is 10. The smallest absolute Gasteiger partial charge is 0.322 e. The van der Waals surface area contributed by atoms with Gasteiger partial charge in [-0.3, -0.25) is 0 Å². The third-order valence-electron chi connectivity index (χ3n) is 4.91. The molecule has 0 aliphatic rings. The number of carbonyl (C=O) groups excluding carboxylic acids is 1. The van der Waals surface area contributed by atoms with Crippen molar-refractivity contribution in [2.24, 2.45) is 0 Å². The Balaban J connectivity index is 1.72. The van der Waals surface area contributed by atoms with Crippen molar-refractivity contribution in [2.75, 3.05) is 18.5 Å². The van der Waals surface area contributed by atoms with Crippen LogP contribution in [0.5, 0.6) is 5.75 Å². The molecule has 1 aromatic heterocycles. The number of hydrogen-bond acceptors (Lipinski definition) is 3. The SMILES string of the molecule is CCOc1ccccc1CN(CCCn1ccnc1)C(=O)Nc1cccc(CC)c1. The van der Waals surface area contributed by atoms with E-state index in [4.69, 9.17) is 4.74 Å². The fourth-order valence-electron chi connectivity index (χ4n) is 3.32. The van der Waals surface area contributed by atoms with Crippen LogP contribution in [0.4, 0.5) is 10.5 Å². The average molecular weight is 407 g/mol. The van der Waals surface area contributed by atoms with Gasteiger partial charge in [0, 0.05) is 36.7 Å². The molecule has 30 heavy (non-hydrogen) atoms. The molecule has 2 aromatic carbocycles. The summed E-state index contributed by atoms with van der Waals surface area (Å²) in [5.74, 6) is 0.820. The number of para-hydroxylation sites is 1. The van der Waals surface area contributed by atoms with E-state index >= 15 is 0 Å². The number of imidazole rings is 1. The van der Waals surface area contributed by atoms with Gasteiger partial charge in [-0.2, -0.15) is 0 Å². The Labute approximate surface area is 178 Å². The van der Waals surface area contributed by atoms with E-state index < -0.39 is 0 Å². The molecule has 0 bridgehead atoms. The number of benzene rings is 2. The second-order valence-corrected chi connectivity index (χ2v) is 7.10. The second kappa shape index (κ2) is 11.0. The van der Waals surface area contributed by atoms with E-state index in [-0.39, 0.29) is 6.03 Å². The highest BCUT2D eigenvalue weighted by Crippen LogP contribution is 2.21. The van der Waals surface area contributed by atoms with Crippen LogP contribution < -0.4 is 10.1 Å².